The molecule has 0 saturated heterocycles. The van der Waals surface area contributed by atoms with Crippen LogP contribution in [0, 0.1) is 0 Å². The maximum Gasteiger partial charge on any atom is 0.0759 e. The molecule has 146 valence electrons. The molecule has 2 atom stereocenters. The summed E-state index contributed by atoms with van der Waals surface area (Å²) in [6, 6.07) is 5.72. The van der Waals surface area contributed by atoms with Crippen LogP contribution in [0.15, 0.2) is 36.4 Å². The molecule has 0 radical (unpaired) electrons. The van der Waals surface area contributed by atoms with Crippen LogP contribution in [0.2, 0.25) is 0 Å². The largest absolute Gasteiger partial charge is 0.396 e. The first-order valence-electron chi connectivity index (χ1n) is 9.91. The van der Waals surface area contributed by atoms with Crippen molar-refractivity contribution in [1.82, 2.24) is 4.98 Å². The van der Waals surface area contributed by atoms with Crippen LogP contribution in [-0.2, 0) is 6.42 Å². The van der Waals surface area contributed by atoms with Crippen molar-refractivity contribution in [2.45, 2.75) is 76.9 Å². The van der Waals surface area contributed by atoms with E-state index >= 15 is 0 Å². The average molecular weight is 362 g/mol. The van der Waals surface area contributed by atoms with Crippen molar-refractivity contribution in [2.75, 3.05) is 6.61 Å². The van der Waals surface area contributed by atoms with Gasteiger partial charge >= 0.3 is 0 Å². The molecule has 1 aromatic heterocycles. The van der Waals surface area contributed by atoms with E-state index in [0.29, 0.717) is 19.3 Å². The molecule has 0 aliphatic carbocycles. The third kappa shape index (κ3) is 11.2. The third-order valence-corrected chi connectivity index (χ3v) is 4.23. The molecule has 0 fully saturated rings. The zero-order valence-electron chi connectivity index (χ0n) is 16.1. The molecule has 4 nitrogen and oxygen atoms in total. The SMILES string of the molecule is CCCCC/C=C/C[C@H](O)/C=C/c1cccc(C[C@H](O)CCCCO)n1. The molecule has 26 heavy (non-hydrogen) atoms. The van der Waals surface area contributed by atoms with Gasteiger partial charge in [0, 0.05) is 18.7 Å². The van der Waals surface area contributed by atoms with Gasteiger partial charge in [-0.25, -0.2) is 0 Å². The molecule has 0 aromatic carbocycles. The number of aliphatic hydroxyl groups excluding tert-OH is 3. The Labute approximate surface area is 158 Å². The van der Waals surface area contributed by atoms with Gasteiger partial charge in [-0.15, -0.1) is 0 Å². The van der Waals surface area contributed by atoms with Crippen LogP contribution < -0.4 is 0 Å². The average Bonchev–Trinajstić information content (AvgIpc) is 2.63. The van der Waals surface area contributed by atoms with Gasteiger partial charge in [0.1, 0.15) is 0 Å². The maximum absolute atomic E-state index is 10.0. The van der Waals surface area contributed by atoms with Crippen LogP contribution in [0.1, 0.15) is 69.7 Å². The van der Waals surface area contributed by atoms with Crippen LogP contribution in [0.5, 0.6) is 0 Å². The Hall–Kier alpha value is -1.49. The minimum atomic E-state index is -0.507. The smallest absolute Gasteiger partial charge is 0.0759 e. The third-order valence-electron chi connectivity index (χ3n) is 4.23. The molecule has 0 aliphatic heterocycles. The van der Waals surface area contributed by atoms with E-state index in [-0.39, 0.29) is 6.61 Å². The fraction of sp³-hybridized carbons (Fsp3) is 0.591. The number of unbranched alkanes of at least 4 members (excludes halogenated alkanes) is 4. The highest BCUT2D eigenvalue weighted by atomic mass is 16.3. The highest BCUT2D eigenvalue weighted by Gasteiger charge is 2.06. The predicted octanol–water partition coefficient (Wildman–Crippen LogP) is 4.05. The lowest BCUT2D eigenvalue weighted by atomic mass is 10.1. The summed E-state index contributed by atoms with van der Waals surface area (Å²) in [6.45, 7) is 2.36. The summed E-state index contributed by atoms with van der Waals surface area (Å²) in [5, 5.41) is 28.8. The molecule has 1 heterocycles. The second-order valence-electron chi connectivity index (χ2n) is 6.76. The molecule has 0 aliphatic rings. The van der Waals surface area contributed by atoms with E-state index in [9.17, 15) is 10.2 Å². The molecule has 1 rings (SSSR count). The van der Waals surface area contributed by atoms with Gasteiger partial charge in [0.25, 0.3) is 0 Å². The lowest BCUT2D eigenvalue weighted by Gasteiger charge is -2.10. The summed E-state index contributed by atoms with van der Waals surface area (Å²) in [4.78, 5) is 4.52. The van der Waals surface area contributed by atoms with E-state index in [2.05, 4.69) is 18.0 Å². The van der Waals surface area contributed by atoms with E-state index in [1.807, 2.05) is 30.4 Å². The number of pyridine rings is 1. The first-order chi connectivity index (χ1) is 12.7. The van der Waals surface area contributed by atoms with E-state index in [4.69, 9.17) is 5.11 Å². The molecule has 4 heteroatoms. The fourth-order valence-electron chi connectivity index (χ4n) is 2.69. The number of aliphatic hydroxyl groups is 3. The standard InChI is InChI=1S/C22H35NO3/c1-2-3-4-5-6-7-13-21(25)16-15-19-11-10-12-20(23-19)18-22(26)14-8-9-17-24/h6-7,10-12,15-16,21-22,24-26H,2-5,8-9,13-14,17-18H2,1H3/b7-6+,16-15+/t21-,22+/m0/s1. The second kappa shape index (κ2) is 14.7. The van der Waals surface area contributed by atoms with Crippen LogP contribution in [0.4, 0.5) is 0 Å². The first-order valence-corrected chi connectivity index (χ1v) is 9.91. The Kier molecular flexibility index (Phi) is 12.7. The first kappa shape index (κ1) is 22.6. The summed E-state index contributed by atoms with van der Waals surface area (Å²) in [6.07, 6.45) is 14.9. The van der Waals surface area contributed by atoms with Crippen LogP contribution in [0.25, 0.3) is 6.08 Å². The van der Waals surface area contributed by atoms with Gasteiger partial charge in [-0.1, -0.05) is 44.1 Å². The van der Waals surface area contributed by atoms with E-state index in [0.717, 1.165) is 30.7 Å². The van der Waals surface area contributed by atoms with Crippen LogP contribution in [0.3, 0.4) is 0 Å². The normalized spacial score (nSPS) is 14.3. The zero-order valence-corrected chi connectivity index (χ0v) is 16.1. The molecule has 1 aromatic rings. The second-order valence-corrected chi connectivity index (χ2v) is 6.76. The van der Waals surface area contributed by atoms with Gasteiger partial charge in [0.05, 0.1) is 17.9 Å². The Morgan fingerprint density at radius 1 is 1.08 bits per heavy atom. The lowest BCUT2D eigenvalue weighted by molar-refractivity contribution is 0.156. The van der Waals surface area contributed by atoms with Crippen molar-refractivity contribution in [3.05, 3.63) is 47.8 Å². The molecule has 0 bridgehead atoms. The minimum absolute atomic E-state index is 0.168. The zero-order chi connectivity index (χ0) is 19.0. The van der Waals surface area contributed by atoms with Gasteiger partial charge in [-0.3, -0.25) is 4.98 Å². The van der Waals surface area contributed by atoms with Crippen molar-refractivity contribution in [3.8, 4) is 0 Å². The monoisotopic (exact) mass is 361 g/mol. The number of allylic oxidation sites excluding steroid dienone is 1. The van der Waals surface area contributed by atoms with Crippen molar-refractivity contribution in [2.24, 2.45) is 0 Å². The molecule has 3 N–H and O–H groups in total. The number of nitrogens with zero attached hydrogens (tertiary/aromatic N) is 1. The molecular formula is C22H35NO3. The Balaban J connectivity index is 2.40. The summed E-state index contributed by atoms with van der Waals surface area (Å²) >= 11 is 0. The van der Waals surface area contributed by atoms with Crippen molar-refractivity contribution >= 4 is 6.08 Å². The van der Waals surface area contributed by atoms with Gasteiger partial charge < -0.3 is 15.3 Å². The molecule has 0 spiro atoms. The molecule has 0 unspecified atom stereocenters. The molecule has 0 amide bonds. The van der Waals surface area contributed by atoms with Crippen molar-refractivity contribution < 1.29 is 15.3 Å². The summed E-state index contributed by atoms with van der Waals surface area (Å²) in [7, 11) is 0. The number of hydrogen-bond donors (Lipinski definition) is 3. The van der Waals surface area contributed by atoms with E-state index in [1.54, 1.807) is 6.08 Å². The summed E-state index contributed by atoms with van der Waals surface area (Å²) < 4.78 is 0. The Morgan fingerprint density at radius 2 is 1.92 bits per heavy atom. The number of aromatic nitrogens is 1. The van der Waals surface area contributed by atoms with E-state index in [1.165, 1.54) is 19.3 Å². The Bertz CT molecular complexity index is 528. The molecule has 0 saturated carbocycles. The number of hydrogen-bond acceptors (Lipinski definition) is 4. The Morgan fingerprint density at radius 3 is 2.69 bits per heavy atom. The fourth-order valence-corrected chi connectivity index (χ4v) is 2.69. The topological polar surface area (TPSA) is 73.6 Å². The summed E-state index contributed by atoms with van der Waals surface area (Å²) in [5.41, 5.74) is 1.63. The van der Waals surface area contributed by atoms with Crippen molar-refractivity contribution in [1.29, 1.82) is 0 Å². The maximum atomic E-state index is 10.0. The summed E-state index contributed by atoms with van der Waals surface area (Å²) in [5.74, 6) is 0. The van der Waals surface area contributed by atoms with Gasteiger partial charge in [0.2, 0.25) is 0 Å². The lowest BCUT2D eigenvalue weighted by Crippen LogP contribution is -2.11. The van der Waals surface area contributed by atoms with Crippen molar-refractivity contribution in [3.63, 3.8) is 0 Å². The van der Waals surface area contributed by atoms with Gasteiger partial charge in [-0.2, -0.15) is 0 Å². The van der Waals surface area contributed by atoms with Gasteiger partial charge in [-0.05, 0) is 56.7 Å². The van der Waals surface area contributed by atoms with E-state index < -0.39 is 12.2 Å². The quantitative estimate of drug-likeness (QED) is 0.345. The number of rotatable bonds is 14. The predicted molar refractivity (Wildman–Crippen MR) is 108 cm³/mol. The van der Waals surface area contributed by atoms with Gasteiger partial charge in [0.15, 0.2) is 0 Å². The van der Waals surface area contributed by atoms with Crippen LogP contribution in [-0.4, -0.2) is 39.1 Å². The molecular weight excluding hydrogens is 326 g/mol. The highest BCUT2D eigenvalue weighted by molar-refractivity contribution is 5.45. The minimum Gasteiger partial charge on any atom is -0.396 e. The van der Waals surface area contributed by atoms with Crippen LogP contribution >= 0.6 is 0 Å². The highest BCUT2D eigenvalue weighted by Crippen LogP contribution is 2.10.